The highest BCUT2D eigenvalue weighted by Gasteiger charge is 2.28. The highest BCUT2D eigenvalue weighted by molar-refractivity contribution is 7.92. The van der Waals surface area contributed by atoms with E-state index in [2.05, 4.69) is 5.32 Å². The molecule has 1 aliphatic rings. The number of carbonyl (C=O) groups excluding carboxylic acids is 1. The summed E-state index contributed by atoms with van der Waals surface area (Å²) in [5.74, 6) is -0.628. The lowest BCUT2D eigenvalue weighted by atomic mass is 10.2. The molecule has 0 aliphatic carbocycles. The second-order valence-corrected chi connectivity index (χ2v) is 13.1. The summed E-state index contributed by atoms with van der Waals surface area (Å²) in [5, 5.41) is 3.02. The molecule has 0 bridgehead atoms. The molecule has 3 aromatic carbocycles. The predicted molar refractivity (Wildman–Crippen MR) is 145 cm³/mol. The molecule has 1 amide bonds. The van der Waals surface area contributed by atoms with Crippen LogP contribution in [0.1, 0.15) is 19.3 Å². The lowest BCUT2D eigenvalue weighted by Crippen LogP contribution is -2.38. The molecule has 1 fully saturated rings. The summed E-state index contributed by atoms with van der Waals surface area (Å²) >= 11 is 12.1. The van der Waals surface area contributed by atoms with Gasteiger partial charge in [0.05, 0.1) is 25.5 Å². The fraction of sp³-hybridized carbons (Fsp3) is 0.240. The van der Waals surface area contributed by atoms with Gasteiger partial charge in [-0.3, -0.25) is 9.10 Å². The highest BCUT2D eigenvalue weighted by atomic mass is 35.5. The molecule has 0 unspecified atom stereocenters. The number of piperidine rings is 1. The number of anilines is 2. The molecule has 0 atom stereocenters. The van der Waals surface area contributed by atoms with Crippen LogP contribution in [0.4, 0.5) is 11.4 Å². The molecule has 0 radical (unpaired) electrons. The van der Waals surface area contributed by atoms with Gasteiger partial charge >= 0.3 is 0 Å². The van der Waals surface area contributed by atoms with Crippen molar-refractivity contribution in [3.8, 4) is 0 Å². The lowest BCUT2D eigenvalue weighted by Gasteiger charge is -2.26. The van der Waals surface area contributed by atoms with Gasteiger partial charge in [0.1, 0.15) is 6.54 Å². The fourth-order valence-corrected chi connectivity index (χ4v) is 7.21. The Labute approximate surface area is 226 Å². The van der Waals surface area contributed by atoms with E-state index < -0.39 is 32.5 Å². The van der Waals surface area contributed by atoms with Crippen LogP contribution in [0.3, 0.4) is 0 Å². The maximum absolute atomic E-state index is 13.4. The third-order valence-electron chi connectivity index (χ3n) is 5.90. The van der Waals surface area contributed by atoms with E-state index in [1.165, 1.54) is 58.9 Å². The van der Waals surface area contributed by atoms with Gasteiger partial charge in [-0.1, -0.05) is 47.8 Å². The number of hydrogen-bond acceptors (Lipinski definition) is 5. The molecule has 0 spiro atoms. The number of sulfonamides is 2. The number of carbonyl (C=O) groups is 1. The van der Waals surface area contributed by atoms with Crippen molar-refractivity contribution >= 4 is 60.5 Å². The third-order valence-corrected chi connectivity index (χ3v) is 10.3. The SMILES string of the molecule is O=C(CN(c1ccc(Cl)c(Cl)c1)S(=O)(=O)c1ccccc1)Nc1ccc(S(=O)(=O)N2CCCCC2)cc1. The molecule has 0 saturated carbocycles. The number of nitrogens with zero attached hydrogens (tertiary/aromatic N) is 2. The minimum Gasteiger partial charge on any atom is -0.325 e. The van der Waals surface area contributed by atoms with Crippen LogP contribution in [-0.2, 0) is 24.8 Å². The van der Waals surface area contributed by atoms with E-state index in [-0.39, 0.29) is 25.5 Å². The standard InChI is InChI=1S/C25H25Cl2N3O5S2/c26-23-14-11-20(17-24(23)27)30(37(34,35)21-7-3-1-4-8-21)18-25(31)28-19-9-12-22(13-10-19)36(32,33)29-15-5-2-6-16-29/h1,3-4,7-14,17H,2,5-6,15-16,18H2,(H,28,31). The van der Waals surface area contributed by atoms with Crippen LogP contribution in [0.15, 0.2) is 82.6 Å². The molecule has 1 N–H and O–H groups in total. The van der Waals surface area contributed by atoms with E-state index in [1.54, 1.807) is 18.2 Å². The summed E-state index contributed by atoms with van der Waals surface area (Å²) < 4.78 is 55.0. The van der Waals surface area contributed by atoms with Gasteiger partial charge in [-0.05, 0) is 67.4 Å². The monoisotopic (exact) mass is 581 g/mol. The van der Waals surface area contributed by atoms with Crippen LogP contribution in [0, 0.1) is 0 Å². The van der Waals surface area contributed by atoms with Crippen LogP contribution in [0.5, 0.6) is 0 Å². The van der Waals surface area contributed by atoms with Crippen molar-refractivity contribution in [2.45, 2.75) is 29.1 Å². The molecule has 37 heavy (non-hydrogen) atoms. The van der Waals surface area contributed by atoms with Gasteiger partial charge in [-0.25, -0.2) is 16.8 Å². The van der Waals surface area contributed by atoms with Crippen molar-refractivity contribution in [1.82, 2.24) is 4.31 Å². The van der Waals surface area contributed by atoms with E-state index in [9.17, 15) is 21.6 Å². The summed E-state index contributed by atoms with van der Waals surface area (Å²) in [7, 11) is -7.73. The normalized spacial score (nSPS) is 14.8. The lowest BCUT2D eigenvalue weighted by molar-refractivity contribution is -0.114. The highest BCUT2D eigenvalue weighted by Crippen LogP contribution is 2.30. The first-order valence-electron chi connectivity index (χ1n) is 11.5. The summed E-state index contributed by atoms with van der Waals surface area (Å²) in [6, 6.07) is 17.8. The second-order valence-electron chi connectivity index (χ2n) is 8.46. The van der Waals surface area contributed by atoms with E-state index in [1.807, 2.05) is 0 Å². The zero-order valence-electron chi connectivity index (χ0n) is 19.7. The Morgan fingerprint density at radius 2 is 1.46 bits per heavy atom. The van der Waals surface area contributed by atoms with Crippen molar-refractivity contribution in [2.75, 3.05) is 29.3 Å². The molecule has 1 heterocycles. The minimum atomic E-state index is -4.12. The number of amides is 1. The molecule has 3 aromatic rings. The predicted octanol–water partition coefficient (Wildman–Crippen LogP) is 5.00. The molecular formula is C25H25Cl2N3O5S2. The van der Waals surface area contributed by atoms with Crippen molar-refractivity contribution in [2.24, 2.45) is 0 Å². The topological polar surface area (TPSA) is 104 Å². The molecular weight excluding hydrogens is 557 g/mol. The van der Waals surface area contributed by atoms with E-state index >= 15 is 0 Å². The quantitative estimate of drug-likeness (QED) is 0.403. The Balaban J connectivity index is 1.55. The number of benzene rings is 3. The first-order chi connectivity index (χ1) is 17.6. The van der Waals surface area contributed by atoms with Gasteiger partial charge in [0.15, 0.2) is 0 Å². The average Bonchev–Trinajstić information content (AvgIpc) is 2.90. The van der Waals surface area contributed by atoms with Crippen molar-refractivity contribution in [3.05, 3.63) is 82.8 Å². The van der Waals surface area contributed by atoms with Crippen molar-refractivity contribution in [1.29, 1.82) is 0 Å². The Bertz CT molecular complexity index is 1480. The zero-order chi connectivity index (χ0) is 26.6. The minimum absolute atomic E-state index is 0.00106. The van der Waals surface area contributed by atoms with Crippen LogP contribution in [0.2, 0.25) is 10.0 Å². The number of halogens is 2. The Kier molecular flexibility index (Phi) is 8.45. The molecule has 196 valence electrons. The van der Waals surface area contributed by atoms with Crippen LogP contribution >= 0.6 is 23.2 Å². The van der Waals surface area contributed by atoms with Gasteiger partial charge < -0.3 is 5.32 Å². The van der Waals surface area contributed by atoms with Crippen LogP contribution in [0.25, 0.3) is 0 Å². The Morgan fingerprint density at radius 3 is 2.08 bits per heavy atom. The summed E-state index contributed by atoms with van der Waals surface area (Å²) in [6.45, 7) is 0.422. The molecule has 0 aromatic heterocycles. The van der Waals surface area contributed by atoms with Gasteiger partial charge in [-0.15, -0.1) is 0 Å². The van der Waals surface area contributed by atoms with Crippen LogP contribution in [-0.4, -0.2) is 46.7 Å². The van der Waals surface area contributed by atoms with E-state index in [0.29, 0.717) is 18.8 Å². The number of rotatable bonds is 8. The van der Waals surface area contributed by atoms with Crippen molar-refractivity contribution < 1.29 is 21.6 Å². The number of nitrogens with one attached hydrogen (secondary N) is 1. The molecule has 1 aliphatic heterocycles. The summed E-state index contributed by atoms with van der Waals surface area (Å²) in [4.78, 5) is 13.1. The molecule has 1 saturated heterocycles. The Hall–Kier alpha value is -2.63. The zero-order valence-corrected chi connectivity index (χ0v) is 22.8. The van der Waals surface area contributed by atoms with Gasteiger partial charge in [-0.2, -0.15) is 4.31 Å². The summed E-state index contributed by atoms with van der Waals surface area (Å²) in [6.07, 6.45) is 2.67. The Morgan fingerprint density at radius 1 is 0.811 bits per heavy atom. The van der Waals surface area contributed by atoms with Crippen LogP contribution < -0.4 is 9.62 Å². The van der Waals surface area contributed by atoms with E-state index in [4.69, 9.17) is 23.2 Å². The first kappa shape index (κ1) is 27.4. The van der Waals surface area contributed by atoms with Gasteiger partial charge in [0.25, 0.3) is 10.0 Å². The smallest absolute Gasteiger partial charge is 0.264 e. The molecule has 8 nitrogen and oxygen atoms in total. The summed E-state index contributed by atoms with van der Waals surface area (Å²) in [5.41, 5.74) is 0.491. The van der Waals surface area contributed by atoms with Gasteiger partial charge in [0.2, 0.25) is 15.9 Å². The first-order valence-corrected chi connectivity index (χ1v) is 15.2. The van der Waals surface area contributed by atoms with E-state index in [0.717, 1.165) is 23.6 Å². The van der Waals surface area contributed by atoms with Crippen molar-refractivity contribution in [3.63, 3.8) is 0 Å². The maximum Gasteiger partial charge on any atom is 0.264 e. The maximum atomic E-state index is 13.4. The molecule has 12 heteroatoms. The van der Waals surface area contributed by atoms with Gasteiger partial charge in [0, 0.05) is 18.8 Å². The fourth-order valence-electron chi connectivity index (χ4n) is 3.97. The largest absolute Gasteiger partial charge is 0.325 e. The third kappa shape index (κ3) is 6.27. The average molecular weight is 583 g/mol. The number of hydrogen-bond donors (Lipinski definition) is 1. The second kappa shape index (κ2) is 11.4. The molecule has 4 rings (SSSR count).